The summed E-state index contributed by atoms with van der Waals surface area (Å²) in [5.41, 5.74) is 3.22. The Bertz CT molecular complexity index is 1150. The summed E-state index contributed by atoms with van der Waals surface area (Å²) in [6.07, 6.45) is -2.49. The highest BCUT2D eigenvalue weighted by molar-refractivity contribution is 6.74. The van der Waals surface area contributed by atoms with Crippen molar-refractivity contribution in [2.45, 2.75) is 89.4 Å². The molecule has 0 N–H and O–H groups in total. The van der Waals surface area contributed by atoms with Crippen LogP contribution in [0.2, 0.25) is 18.1 Å². The van der Waals surface area contributed by atoms with E-state index in [4.69, 9.17) is 28.1 Å². The summed E-state index contributed by atoms with van der Waals surface area (Å²) >= 11 is 0. The fraction of sp³-hybridized carbons (Fsp3) is 0.471. The summed E-state index contributed by atoms with van der Waals surface area (Å²) in [7, 11) is -0.408. The molecule has 0 saturated carbocycles. The zero-order chi connectivity index (χ0) is 29.3. The minimum Gasteiger partial charge on any atom is -0.414 e. The summed E-state index contributed by atoms with van der Waals surface area (Å²) in [4.78, 5) is 0. The van der Waals surface area contributed by atoms with E-state index in [0.29, 0.717) is 26.4 Å². The van der Waals surface area contributed by atoms with E-state index in [2.05, 4.69) is 58.1 Å². The lowest BCUT2D eigenvalue weighted by Gasteiger charge is -2.46. The summed E-state index contributed by atoms with van der Waals surface area (Å²) in [5.74, 6) is 0. The third-order valence-electron chi connectivity index (χ3n) is 8.09. The van der Waals surface area contributed by atoms with Gasteiger partial charge in [0, 0.05) is 7.11 Å². The van der Waals surface area contributed by atoms with E-state index in [1.807, 2.05) is 66.7 Å². The Kier molecular flexibility index (Phi) is 11.3. The largest absolute Gasteiger partial charge is 0.414 e. The Hall–Kier alpha value is -2.36. The molecule has 0 aromatic heterocycles. The lowest BCUT2D eigenvalue weighted by molar-refractivity contribution is -0.320. The maximum atomic E-state index is 6.68. The van der Waals surface area contributed by atoms with Gasteiger partial charge in [-0.25, -0.2) is 0 Å². The highest BCUT2D eigenvalue weighted by atomic mass is 28.4. The van der Waals surface area contributed by atoms with Crippen molar-refractivity contribution in [3.8, 4) is 0 Å². The summed E-state index contributed by atoms with van der Waals surface area (Å²) in [5, 5.41) is 0.0628. The van der Waals surface area contributed by atoms with Crippen LogP contribution in [0.4, 0.5) is 0 Å². The molecular weight excluding hydrogens is 532 g/mol. The monoisotopic (exact) mass is 578 g/mol. The van der Waals surface area contributed by atoms with Crippen LogP contribution in [-0.2, 0) is 47.9 Å². The highest BCUT2D eigenvalue weighted by Gasteiger charge is 2.49. The first-order valence-corrected chi connectivity index (χ1v) is 17.4. The van der Waals surface area contributed by atoms with Crippen molar-refractivity contribution in [1.29, 1.82) is 0 Å². The van der Waals surface area contributed by atoms with Gasteiger partial charge in [-0.2, -0.15) is 0 Å². The Morgan fingerprint density at radius 3 is 1.46 bits per heavy atom. The van der Waals surface area contributed by atoms with Gasteiger partial charge in [-0.1, -0.05) is 112 Å². The molecule has 0 spiro atoms. The predicted molar refractivity (Wildman–Crippen MR) is 164 cm³/mol. The molecule has 0 bridgehead atoms. The minimum atomic E-state index is -2.06. The van der Waals surface area contributed by atoms with Crippen LogP contribution in [0, 0.1) is 0 Å². The third kappa shape index (κ3) is 8.81. The van der Waals surface area contributed by atoms with Gasteiger partial charge in [0.1, 0.15) is 24.4 Å². The van der Waals surface area contributed by atoms with Gasteiger partial charge in [0.15, 0.2) is 14.6 Å². The van der Waals surface area contributed by atoms with Gasteiger partial charge < -0.3 is 28.1 Å². The number of ether oxygens (including phenoxy) is 5. The number of rotatable bonds is 13. The standard InChI is InChI=1S/C34H46O6Si/c1-34(2,3)41(5,6)39-25-29-30(36-22-26-16-10-7-11-17-26)31(37-23-27-18-12-8-13-19-27)32(33(35-4)40-29)38-24-28-20-14-9-15-21-28/h7-21,29-33H,22-25H2,1-6H3/t29-,30-,31+,32-,33+/m1/s1. The molecular formula is C34H46O6Si. The molecule has 222 valence electrons. The molecule has 1 saturated heterocycles. The average Bonchev–Trinajstić information content (AvgIpc) is 2.98. The van der Waals surface area contributed by atoms with Crippen LogP contribution in [0.3, 0.4) is 0 Å². The van der Waals surface area contributed by atoms with E-state index in [0.717, 1.165) is 16.7 Å². The lowest BCUT2D eigenvalue weighted by Crippen LogP contribution is -2.62. The van der Waals surface area contributed by atoms with Crippen molar-refractivity contribution in [3.05, 3.63) is 108 Å². The second-order valence-electron chi connectivity index (χ2n) is 12.1. The summed E-state index contributed by atoms with van der Waals surface area (Å²) < 4.78 is 39.0. The van der Waals surface area contributed by atoms with Crippen LogP contribution >= 0.6 is 0 Å². The zero-order valence-corrected chi connectivity index (χ0v) is 26.3. The van der Waals surface area contributed by atoms with Crippen LogP contribution in [0.5, 0.6) is 0 Å². The molecule has 0 unspecified atom stereocenters. The van der Waals surface area contributed by atoms with Crippen LogP contribution in [-0.4, -0.2) is 52.7 Å². The molecule has 0 aliphatic carbocycles. The molecule has 41 heavy (non-hydrogen) atoms. The van der Waals surface area contributed by atoms with E-state index < -0.39 is 39.0 Å². The second-order valence-corrected chi connectivity index (χ2v) is 16.9. The quantitative estimate of drug-likeness (QED) is 0.201. The minimum absolute atomic E-state index is 0.0628. The van der Waals surface area contributed by atoms with Gasteiger partial charge in [-0.05, 0) is 34.8 Å². The fourth-order valence-electron chi connectivity index (χ4n) is 4.58. The molecule has 7 heteroatoms. The summed E-state index contributed by atoms with van der Waals surface area (Å²) in [6.45, 7) is 12.8. The first kappa shape index (κ1) is 31.6. The van der Waals surface area contributed by atoms with E-state index >= 15 is 0 Å². The third-order valence-corrected chi connectivity index (χ3v) is 12.6. The Morgan fingerprint density at radius 2 is 1.05 bits per heavy atom. The lowest BCUT2D eigenvalue weighted by atomic mass is 9.98. The predicted octanol–water partition coefficient (Wildman–Crippen LogP) is 7.14. The number of hydrogen-bond donors (Lipinski definition) is 0. The van der Waals surface area contributed by atoms with Gasteiger partial charge in [0.2, 0.25) is 0 Å². The van der Waals surface area contributed by atoms with Crippen LogP contribution in [0.15, 0.2) is 91.0 Å². The molecule has 3 aromatic rings. The molecule has 3 aromatic carbocycles. The van der Waals surface area contributed by atoms with E-state index in [9.17, 15) is 0 Å². The van der Waals surface area contributed by atoms with Crippen LogP contribution < -0.4 is 0 Å². The van der Waals surface area contributed by atoms with Gasteiger partial charge in [-0.15, -0.1) is 0 Å². The molecule has 4 rings (SSSR count). The van der Waals surface area contributed by atoms with Crippen LogP contribution in [0.1, 0.15) is 37.5 Å². The van der Waals surface area contributed by atoms with Crippen molar-refractivity contribution in [1.82, 2.24) is 0 Å². The Labute approximate surface area is 247 Å². The molecule has 0 amide bonds. The maximum absolute atomic E-state index is 6.68. The molecule has 5 atom stereocenters. The SMILES string of the molecule is CO[C@H]1O[C@H](CO[Si](C)(C)C(C)(C)C)[C@@H](OCc2ccccc2)[C@H](OCc2ccccc2)[C@H]1OCc1ccccc1. The normalized spacial score (nSPS) is 23.4. The van der Waals surface area contributed by atoms with Gasteiger partial charge in [0.05, 0.1) is 26.4 Å². The first-order chi connectivity index (χ1) is 19.7. The molecule has 6 nitrogen and oxygen atoms in total. The average molecular weight is 579 g/mol. The van der Waals surface area contributed by atoms with Crippen molar-refractivity contribution in [3.63, 3.8) is 0 Å². The fourth-order valence-corrected chi connectivity index (χ4v) is 5.59. The van der Waals surface area contributed by atoms with Crippen LogP contribution in [0.25, 0.3) is 0 Å². The number of hydrogen-bond acceptors (Lipinski definition) is 6. The Balaban J connectivity index is 1.63. The number of benzene rings is 3. The van der Waals surface area contributed by atoms with Crippen molar-refractivity contribution in [2.24, 2.45) is 0 Å². The van der Waals surface area contributed by atoms with E-state index in [1.165, 1.54) is 0 Å². The van der Waals surface area contributed by atoms with Crippen molar-refractivity contribution in [2.75, 3.05) is 13.7 Å². The number of methoxy groups -OCH3 is 1. The Morgan fingerprint density at radius 1 is 0.634 bits per heavy atom. The summed E-state index contributed by atoms with van der Waals surface area (Å²) in [6, 6.07) is 30.4. The molecule has 1 fully saturated rings. The topological polar surface area (TPSA) is 55.4 Å². The smallest absolute Gasteiger partial charge is 0.192 e. The van der Waals surface area contributed by atoms with Crippen molar-refractivity contribution >= 4 is 8.32 Å². The molecule has 0 radical (unpaired) electrons. The van der Waals surface area contributed by atoms with E-state index in [1.54, 1.807) is 7.11 Å². The van der Waals surface area contributed by atoms with E-state index in [-0.39, 0.29) is 5.04 Å². The van der Waals surface area contributed by atoms with Gasteiger partial charge in [0.25, 0.3) is 0 Å². The molecule has 1 heterocycles. The van der Waals surface area contributed by atoms with Gasteiger partial charge >= 0.3 is 0 Å². The second kappa shape index (κ2) is 14.7. The van der Waals surface area contributed by atoms with Crippen molar-refractivity contribution < 1.29 is 28.1 Å². The molecule has 1 aliphatic rings. The highest BCUT2D eigenvalue weighted by Crippen LogP contribution is 2.38. The first-order valence-electron chi connectivity index (χ1n) is 14.5. The molecule has 1 aliphatic heterocycles. The zero-order valence-electron chi connectivity index (χ0n) is 25.3. The van der Waals surface area contributed by atoms with Gasteiger partial charge in [-0.3, -0.25) is 0 Å². The maximum Gasteiger partial charge on any atom is 0.192 e.